The van der Waals surface area contributed by atoms with Gasteiger partial charge in [-0.1, -0.05) is 0 Å². The van der Waals surface area contributed by atoms with Crippen LogP contribution in [0.25, 0.3) is 0 Å². The van der Waals surface area contributed by atoms with Crippen molar-refractivity contribution in [2.75, 3.05) is 12.3 Å². The fourth-order valence-electron chi connectivity index (χ4n) is 2.07. The van der Waals surface area contributed by atoms with Crippen LogP contribution in [0.2, 0.25) is 0 Å². The summed E-state index contributed by atoms with van der Waals surface area (Å²) in [7, 11) is -11.6. The molecule has 1 fully saturated rings. The molecule has 0 bridgehead atoms. The van der Waals surface area contributed by atoms with Crippen LogP contribution >= 0.6 is 15.4 Å². The lowest BCUT2D eigenvalue weighted by Gasteiger charge is -2.32. The predicted molar refractivity (Wildman–Crippen MR) is 76.5 cm³/mol. The van der Waals surface area contributed by atoms with Gasteiger partial charge < -0.3 is 49.5 Å². The number of carbonyl (C=O) groups is 1. The van der Waals surface area contributed by atoms with Crippen LogP contribution in [0, 0.1) is 0 Å². The number of nitrogens with zero attached hydrogens (tertiary/aromatic N) is 2. The molecule has 0 radical (unpaired) electrons. The van der Waals surface area contributed by atoms with Crippen LogP contribution in [0.1, 0.15) is 6.23 Å². The highest BCUT2D eigenvalue weighted by atomic mass is 31.3. The Kier molecular flexibility index (Phi) is 6.21. The van der Waals surface area contributed by atoms with E-state index in [1.165, 1.54) is 6.07 Å². The Balaban J connectivity index is 2.08. The molecule has 4 N–H and O–H groups in total. The highest BCUT2D eigenvalue weighted by molar-refractivity contribution is 7.74. The van der Waals surface area contributed by atoms with Gasteiger partial charge >= 0.3 is 5.69 Å². The molecule has 2 rings (SSSR count). The number of carbonyl (C=O) groups excluding carboxylic acids is 1. The van der Waals surface area contributed by atoms with Gasteiger partial charge in [-0.15, -0.1) is 0 Å². The van der Waals surface area contributed by atoms with Crippen molar-refractivity contribution in [3.63, 3.8) is 0 Å². The highest BCUT2D eigenvalue weighted by Gasteiger charge is 2.44. The zero-order chi connectivity index (χ0) is 20.6. The minimum atomic E-state index is -5.91. The first kappa shape index (κ1) is 21.6. The third kappa shape index (κ3) is 4.99. The maximum atomic E-state index is 11.7. The minimum absolute atomic E-state index is 0.122. The lowest BCUT2D eigenvalue weighted by molar-refractivity contribution is -0.261. The van der Waals surface area contributed by atoms with E-state index in [0.29, 0.717) is 0 Å². The van der Waals surface area contributed by atoms with E-state index in [1.54, 1.807) is 0 Å². The van der Waals surface area contributed by atoms with Crippen LogP contribution in [0.3, 0.4) is 0 Å². The summed E-state index contributed by atoms with van der Waals surface area (Å²) >= 11 is 0. The molecule has 0 saturated carbocycles. The average molecular weight is 428 g/mol. The van der Waals surface area contributed by atoms with E-state index >= 15 is 0 Å². The number of aliphatic hydroxyl groups is 2. The van der Waals surface area contributed by atoms with E-state index in [4.69, 9.17) is 10.5 Å². The smallest absolute Gasteiger partial charge is 0.351 e. The highest BCUT2D eigenvalue weighted by Crippen LogP contribution is 2.54. The van der Waals surface area contributed by atoms with Crippen molar-refractivity contribution < 1.29 is 52.6 Å². The van der Waals surface area contributed by atoms with Crippen molar-refractivity contribution >= 4 is 26.9 Å². The van der Waals surface area contributed by atoms with Gasteiger partial charge in [0.25, 0.3) is 7.82 Å². The molecular formula is C10H12N3O12P2-3. The van der Waals surface area contributed by atoms with Crippen LogP contribution < -0.4 is 26.3 Å². The second-order valence-corrected chi connectivity index (χ2v) is 8.34. The van der Waals surface area contributed by atoms with E-state index in [1.807, 2.05) is 0 Å². The molecule has 2 unspecified atom stereocenters. The standard InChI is InChI=1S/C10H15N3O12P2/c11-5-1-2-13(9(16)12-5)8-7(15)6(14)4(24-8)3-23-27(21,22)25-26(19,20)10(17)18/h1-2,4,6-8,14-15H,3H2,(H,17,18)(H,19,20)(H,21,22)(H2,11,12,16)/p-3/t4-,6-,7-,8-/m1/s1. The Morgan fingerprint density at radius 2 is 2.00 bits per heavy atom. The van der Waals surface area contributed by atoms with Crippen molar-refractivity contribution in [3.05, 3.63) is 22.7 Å². The van der Waals surface area contributed by atoms with Gasteiger partial charge in [-0.25, -0.2) is 4.79 Å². The molecular weight excluding hydrogens is 416 g/mol. The van der Waals surface area contributed by atoms with E-state index in [9.17, 15) is 43.8 Å². The third-order valence-corrected chi connectivity index (χ3v) is 5.86. The second-order valence-electron chi connectivity index (χ2n) is 5.18. The molecule has 0 aliphatic carbocycles. The first-order valence-electron chi connectivity index (χ1n) is 6.90. The molecule has 1 aromatic rings. The summed E-state index contributed by atoms with van der Waals surface area (Å²) in [6, 6.07) is 1.19. The van der Waals surface area contributed by atoms with Crippen LogP contribution in [0.4, 0.5) is 10.6 Å². The van der Waals surface area contributed by atoms with E-state index < -0.39 is 58.0 Å². The summed E-state index contributed by atoms with van der Waals surface area (Å²) in [4.78, 5) is 47.6. The van der Waals surface area contributed by atoms with Gasteiger partial charge in [0.2, 0.25) is 0 Å². The lowest BCUT2D eigenvalue weighted by Crippen LogP contribution is -2.36. The fraction of sp³-hybridized carbons (Fsp3) is 0.500. The Morgan fingerprint density at radius 1 is 1.37 bits per heavy atom. The zero-order valence-electron chi connectivity index (χ0n) is 13.0. The summed E-state index contributed by atoms with van der Waals surface area (Å²) in [5.74, 6) is -0.122. The van der Waals surface area contributed by atoms with Gasteiger partial charge in [0.05, 0.1) is 6.61 Å². The molecule has 152 valence electrons. The molecule has 2 heterocycles. The van der Waals surface area contributed by atoms with E-state index in [-0.39, 0.29) is 5.82 Å². The Hall–Kier alpha value is -1.67. The number of aliphatic hydroxyl groups excluding tert-OH is 2. The number of rotatable bonds is 7. The topological polar surface area (TPSA) is 249 Å². The maximum absolute atomic E-state index is 11.7. The number of nitrogen functional groups attached to an aromatic ring is 1. The number of hydrogen-bond acceptors (Lipinski definition) is 14. The third-order valence-electron chi connectivity index (χ3n) is 3.29. The lowest BCUT2D eigenvalue weighted by atomic mass is 10.1. The minimum Gasteiger partial charge on any atom is -0.774 e. The zero-order valence-corrected chi connectivity index (χ0v) is 14.8. The van der Waals surface area contributed by atoms with Crippen LogP contribution in [0.15, 0.2) is 17.1 Å². The van der Waals surface area contributed by atoms with E-state index in [2.05, 4.69) is 13.8 Å². The molecule has 1 aromatic heterocycles. The first-order chi connectivity index (χ1) is 12.3. The molecule has 6 atom stereocenters. The molecule has 1 aliphatic rings. The summed E-state index contributed by atoms with van der Waals surface area (Å²) < 4.78 is 35.7. The molecule has 0 spiro atoms. The van der Waals surface area contributed by atoms with Crippen LogP contribution in [-0.2, 0) is 22.7 Å². The summed E-state index contributed by atoms with van der Waals surface area (Å²) in [5.41, 5.74) is 1.59. The van der Waals surface area contributed by atoms with Gasteiger partial charge in [0.15, 0.2) is 13.8 Å². The predicted octanol–water partition coefficient (Wildman–Crippen LogP) is -4.16. The van der Waals surface area contributed by atoms with Crippen LogP contribution in [0.5, 0.6) is 0 Å². The monoisotopic (exact) mass is 428 g/mol. The number of phosphoric acid groups is 1. The summed E-state index contributed by atoms with van der Waals surface area (Å²) in [6.07, 6.45) is -5.43. The van der Waals surface area contributed by atoms with Crippen molar-refractivity contribution in [2.24, 2.45) is 0 Å². The SMILES string of the molecule is Nc1ccn([C@@H]2O[C@H](COP(=O)([O-])OP(=O)([O-])C(=O)[O-])[C@@H](O)[C@H]2O)c(=O)n1. The first-order valence-corrected chi connectivity index (χ1v) is 9.90. The Bertz CT molecular complexity index is 873. The number of carboxylic acid groups (broad SMARTS) is 1. The molecule has 27 heavy (non-hydrogen) atoms. The molecule has 0 aromatic carbocycles. The number of aromatic nitrogens is 2. The van der Waals surface area contributed by atoms with Crippen molar-refractivity contribution in [3.8, 4) is 0 Å². The number of nitrogens with two attached hydrogens (primary N) is 1. The fourth-order valence-corrected chi connectivity index (χ4v) is 3.91. The number of anilines is 1. The van der Waals surface area contributed by atoms with Gasteiger partial charge in [0, 0.05) is 6.20 Å². The Labute approximate surface area is 149 Å². The molecule has 17 heteroatoms. The normalized spacial score (nSPS) is 29.8. The van der Waals surface area contributed by atoms with Gasteiger partial charge in [-0.2, -0.15) is 4.98 Å². The Morgan fingerprint density at radius 3 is 2.56 bits per heavy atom. The quantitative estimate of drug-likeness (QED) is 0.349. The van der Waals surface area contributed by atoms with Crippen molar-refractivity contribution in [2.45, 2.75) is 24.5 Å². The van der Waals surface area contributed by atoms with Gasteiger partial charge in [-0.3, -0.25) is 13.4 Å². The molecule has 0 amide bonds. The summed E-state index contributed by atoms with van der Waals surface area (Å²) in [5, 5.41) is 30.1. The van der Waals surface area contributed by atoms with Crippen molar-refractivity contribution in [1.29, 1.82) is 0 Å². The molecule has 1 saturated heterocycles. The average Bonchev–Trinajstić information content (AvgIpc) is 2.80. The molecule has 15 nitrogen and oxygen atoms in total. The number of ether oxygens (including phenoxy) is 1. The maximum Gasteiger partial charge on any atom is 0.351 e. The van der Waals surface area contributed by atoms with Crippen LogP contribution in [-0.4, -0.2) is 50.4 Å². The largest absolute Gasteiger partial charge is 0.774 e. The number of hydrogen-bond donors (Lipinski definition) is 3. The number of phosphoric ester groups is 1. The summed E-state index contributed by atoms with van der Waals surface area (Å²) in [6.45, 7) is -1.07. The molecule has 1 aliphatic heterocycles. The van der Waals surface area contributed by atoms with E-state index in [0.717, 1.165) is 10.8 Å². The second kappa shape index (κ2) is 7.75. The van der Waals surface area contributed by atoms with Gasteiger partial charge in [0.1, 0.15) is 29.8 Å². The van der Waals surface area contributed by atoms with Gasteiger partial charge in [-0.05, 0) is 6.07 Å². The van der Waals surface area contributed by atoms with Crippen molar-refractivity contribution in [1.82, 2.24) is 9.55 Å².